The van der Waals surface area contributed by atoms with Crippen LogP contribution in [0.15, 0.2) is 10.7 Å². The predicted octanol–water partition coefficient (Wildman–Crippen LogP) is 5.24. The van der Waals surface area contributed by atoms with Crippen molar-refractivity contribution < 1.29 is 0 Å². The Balaban J connectivity index is 2.52. The topological polar surface area (TPSA) is 29.9 Å². The van der Waals surface area contributed by atoms with E-state index in [0.717, 1.165) is 4.47 Å². The lowest BCUT2D eigenvalue weighted by atomic mass is 10.0. The first-order valence-electron chi connectivity index (χ1n) is 8.02. The van der Waals surface area contributed by atoms with E-state index < -0.39 is 0 Å². The highest BCUT2D eigenvalue weighted by atomic mass is 79.9. The average Bonchev–Trinajstić information content (AvgIpc) is 2.80. The van der Waals surface area contributed by atoms with Gasteiger partial charge < -0.3 is 5.32 Å². The zero-order valence-electron chi connectivity index (χ0n) is 13.5. The van der Waals surface area contributed by atoms with E-state index in [2.05, 4.69) is 51.8 Å². The molecule has 0 aliphatic rings. The third kappa shape index (κ3) is 5.21. The van der Waals surface area contributed by atoms with Crippen molar-refractivity contribution in [3.05, 3.63) is 16.4 Å². The first-order valence-corrected chi connectivity index (χ1v) is 8.81. The van der Waals surface area contributed by atoms with Crippen molar-refractivity contribution in [2.45, 2.75) is 77.8 Å². The van der Waals surface area contributed by atoms with Gasteiger partial charge >= 0.3 is 0 Å². The molecule has 1 aromatic heterocycles. The monoisotopic (exact) mass is 343 g/mol. The molecule has 20 heavy (non-hydrogen) atoms. The summed E-state index contributed by atoms with van der Waals surface area (Å²) in [4.78, 5) is 0. The molecule has 0 bridgehead atoms. The number of hydrogen-bond donors (Lipinski definition) is 1. The van der Waals surface area contributed by atoms with Crippen LogP contribution in [0.1, 0.15) is 83.5 Å². The van der Waals surface area contributed by atoms with Gasteiger partial charge in [-0.15, -0.1) is 0 Å². The molecule has 0 saturated carbocycles. The van der Waals surface area contributed by atoms with Crippen molar-refractivity contribution in [1.29, 1.82) is 0 Å². The van der Waals surface area contributed by atoms with E-state index in [0.29, 0.717) is 12.1 Å². The molecule has 0 amide bonds. The summed E-state index contributed by atoms with van der Waals surface area (Å²) in [5, 5.41) is 7.93. The highest BCUT2D eigenvalue weighted by Gasteiger charge is 2.19. The van der Waals surface area contributed by atoms with Crippen LogP contribution in [0.4, 0.5) is 0 Å². The van der Waals surface area contributed by atoms with Crippen molar-refractivity contribution in [1.82, 2.24) is 15.1 Å². The number of halogens is 1. The van der Waals surface area contributed by atoms with Gasteiger partial charge in [-0.2, -0.15) is 5.10 Å². The van der Waals surface area contributed by atoms with Crippen LogP contribution in [-0.2, 0) is 0 Å². The number of rotatable bonds is 10. The summed E-state index contributed by atoms with van der Waals surface area (Å²) in [7, 11) is 2.05. The highest BCUT2D eigenvalue weighted by molar-refractivity contribution is 9.10. The fourth-order valence-electron chi connectivity index (χ4n) is 2.63. The van der Waals surface area contributed by atoms with Gasteiger partial charge in [0.1, 0.15) is 0 Å². The molecule has 1 heterocycles. The number of nitrogens with zero attached hydrogens (tertiary/aromatic N) is 2. The van der Waals surface area contributed by atoms with Crippen molar-refractivity contribution in [3.8, 4) is 0 Å². The zero-order valence-corrected chi connectivity index (χ0v) is 15.0. The second-order valence-electron chi connectivity index (χ2n) is 5.81. The molecule has 1 unspecified atom stereocenters. The van der Waals surface area contributed by atoms with E-state index in [4.69, 9.17) is 0 Å². The molecule has 0 radical (unpaired) electrons. The molecule has 0 saturated heterocycles. The van der Waals surface area contributed by atoms with Gasteiger partial charge in [0, 0.05) is 6.04 Å². The van der Waals surface area contributed by atoms with Crippen LogP contribution in [0.2, 0.25) is 0 Å². The highest BCUT2D eigenvalue weighted by Crippen LogP contribution is 2.29. The Bertz CT molecular complexity index is 374. The number of unbranched alkanes of at least 4 members (excludes halogenated alkanes) is 5. The van der Waals surface area contributed by atoms with Gasteiger partial charge in [-0.3, -0.25) is 4.68 Å². The van der Waals surface area contributed by atoms with Crippen LogP contribution in [-0.4, -0.2) is 16.8 Å². The van der Waals surface area contributed by atoms with E-state index >= 15 is 0 Å². The van der Waals surface area contributed by atoms with Crippen LogP contribution in [0, 0.1) is 0 Å². The SMILES string of the molecule is CCCCCCCCC(NC)c1c(Br)cnn1C(C)C. The fourth-order valence-corrected chi connectivity index (χ4v) is 3.18. The molecule has 4 heteroatoms. The second-order valence-corrected chi connectivity index (χ2v) is 6.67. The zero-order chi connectivity index (χ0) is 15.0. The summed E-state index contributed by atoms with van der Waals surface area (Å²) in [5.74, 6) is 0. The van der Waals surface area contributed by atoms with E-state index in [1.165, 1.54) is 50.6 Å². The van der Waals surface area contributed by atoms with Gasteiger partial charge in [-0.05, 0) is 43.2 Å². The maximum Gasteiger partial charge on any atom is 0.0698 e. The first kappa shape index (κ1) is 17.7. The summed E-state index contributed by atoms with van der Waals surface area (Å²) in [5.41, 5.74) is 1.29. The molecule has 0 aliphatic carbocycles. The van der Waals surface area contributed by atoms with Crippen LogP contribution >= 0.6 is 15.9 Å². The van der Waals surface area contributed by atoms with Gasteiger partial charge in [0.25, 0.3) is 0 Å². The van der Waals surface area contributed by atoms with Gasteiger partial charge in [0.05, 0.1) is 22.4 Å². The van der Waals surface area contributed by atoms with E-state index in [1.54, 1.807) is 0 Å². The Morgan fingerprint density at radius 2 is 1.85 bits per heavy atom. The molecule has 1 aromatic rings. The Kier molecular flexibility index (Phi) is 8.46. The predicted molar refractivity (Wildman–Crippen MR) is 90.1 cm³/mol. The molecule has 3 nitrogen and oxygen atoms in total. The quantitative estimate of drug-likeness (QED) is 0.589. The summed E-state index contributed by atoms with van der Waals surface area (Å²) in [6, 6.07) is 0.789. The molecule has 0 aromatic carbocycles. The van der Waals surface area contributed by atoms with Gasteiger partial charge in [0.15, 0.2) is 0 Å². The number of nitrogens with one attached hydrogen (secondary N) is 1. The normalized spacial score (nSPS) is 13.1. The van der Waals surface area contributed by atoms with Gasteiger partial charge in [-0.1, -0.05) is 45.4 Å². The van der Waals surface area contributed by atoms with Crippen molar-refractivity contribution in [3.63, 3.8) is 0 Å². The lowest BCUT2D eigenvalue weighted by Gasteiger charge is -2.20. The Morgan fingerprint density at radius 1 is 1.20 bits per heavy atom. The minimum atomic E-state index is 0.389. The summed E-state index contributed by atoms with van der Waals surface area (Å²) >= 11 is 3.65. The summed E-state index contributed by atoms with van der Waals surface area (Å²) < 4.78 is 3.25. The van der Waals surface area contributed by atoms with Gasteiger partial charge in [-0.25, -0.2) is 0 Å². The largest absolute Gasteiger partial charge is 0.312 e. The minimum Gasteiger partial charge on any atom is -0.312 e. The van der Waals surface area contributed by atoms with Crippen molar-refractivity contribution in [2.24, 2.45) is 0 Å². The Hall–Kier alpha value is -0.350. The molecular weight excluding hydrogens is 314 g/mol. The third-order valence-electron chi connectivity index (χ3n) is 3.80. The number of aromatic nitrogens is 2. The standard InChI is InChI=1S/C16H30BrN3/c1-5-6-7-8-9-10-11-15(18-4)16-14(17)12-19-20(16)13(2)3/h12-13,15,18H,5-11H2,1-4H3. The molecule has 1 atom stereocenters. The lowest BCUT2D eigenvalue weighted by Crippen LogP contribution is -2.21. The number of hydrogen-bond acceptors (Lipinski definition) is 2. The van der Waals surface area contributed by atoms with Crippen LogP contribution in [0.25, 0.3) is 0 Å². The van der Waals surface area contributed by atoms with Crippen molar-refractivity contribution in [2.75, 3.05) is 7.05 Å². The van der Waals surface area contributed by atoms with Gasteiger partial charge in [0.2, 0.25) is 0 Å². The molecule has 0 spiro atoms. The van der Waals surface area contributed by atoms with Crippen molar-refractivity contribution >= 4 is 15.9 Å². The first-order chi connectivity index (χ1) is 9.61. The molecule has 1 rings (SSSR count). The average molecular weight is 344 g/mol. The Morgan fingerprint density at radius 3 is 2.45 bits per heavy atom. The Labute approximate surface area is 132 Å². The van der Waals surface area contributed by atoms with E-state index in [9.17, 15) is 0 Å². The van der Waals surface area contributed by atoms with E-state index in [-0.39, 0.29) is 0 Å². The summed E-state index contributed by atoms with van der Waals surface area (Å²) in [6.07, 6.45) is 11.2. The molecule has 0 aliphatic heterocycles. The van der Waals surface area contributed by atoms with Crippen LogP contribution in [0.5, 0.6) is 0 Å². The molecular formula is C16H30BrN3. The van der Waals surface area contributed by atoms with Crippen LogP contribution < -0.4 is 5.32 Å². The molecule has 1 N–H and O–H groups in total. The third-order valence-corrected chi connectivity index (χ3v) is 4.41. The smallest absolute Gasteiger partial charge is 0.0698 e. The maximum atomic E-state index is 4.48. The summed E-state index contributed by atoms with van der Waals surface area (Å²) in [6.45, 7) is 6.63. The molecule has 0 fully saturated rings. The lowest BCUT2D eigenvalue weighted by molar-refractivity contribution is 0.431. The van der Waals surface area contributed by atoms with E-state index in [1.807, 2.05) is 13.2 Å². The second kappa shape index (κ2) is 9.56. The molecule has 116 valence electrons. The fraction of sp³-hybridized carbons (Fsp3) is 0.812. The minimum absolute atomic E-state index is 0.389. The maximum absolute atomic E-state index is 4.48. The van der Waals surface area contributed by atoms with Crippen LogP contribution in [0.3, 0.4) is 0 Å².